The zero-order valence-electron chi connectivity index (χ0n) is 16.1. The van der Waals surface area contributed by atoms with E-state index < -0.39 is 0 Å². The van der Waals surface area contributed by atoms with Crippen LogP contribution in [-0.4, -0.2) is 29.1 Å². The average Bonchev–Trinajstić information content (AvgIpc) is 3.19. The smallest absolute Gasteiger partial charge is 0.319 e. The summed E-state index contributed by atoms with van der Waals surface area (Å²) in [6, 6.07) is 21.1. The number of ether oxygens (including phenoxy) is 1. The topological polar surface area (TPSA) is 67.7 Å². The Bertz CT molecular complexity index is 1090. The first kappa shape index (κ1) is 18.6. The summed E-state index contributed by atoms with van der Waals surface area (Å²) in [6.45, 7) is 0.536. The lowest BCUT2D eigenvalue weighted by molar-refractivity contribution is 0.252. The van der Waals surface area contributed by atoms with E-state index in [2.05, 4.69) is 15.6 Å². The fraction of sp³-hybridized carbons (Fsp3) is 0.130. The van der Waals surface area contributed by atoms with E-state index in [1.54, 1.807) is 7.11 Å². The molecule has 2 N–H and O–H groups in total. The van der Waals surface area contributed by atoms with Crippen molar-refractivity contribution in [1.82, 2.24) is 14.7 Å². The molecular formula is C23H22N4O2. The zero-order valence-corrected chi connectivity index (χ0v) is 16.1. The largest absolute Gasteiger partial charge is 0.497 e. The van der Waals surface area contributed by atoms with Crippen LogP contribution in [0, 0.1) is 0 Å². The molecule has 0 aliphatic carbocycles. The molecule has 146 valence electrons. The molecule has 2 heterocycles. The van der Waals surface area contributed by atoms with E-state index in [1.165, 1.54) is 0 Å². The second-order valence-electron chi connectivity index (χ2n) is 6.62. The highest BCUT2D eigenvalue weighted by Crippen LogP contribution is 2.27. The number of hydrogen-bond donors (Lipinski definition) is 2. The molecule has 0 aliphatic heterocycles. The first-order valence-corrected chi connectivity index (χ1v) is 9.44. The van der Waals surface area contributed by atoms with Crippen LogP contribution in [-0.2, 0) is 6.42 Å². The van der Waals surface area contributed by atoms with Crippen LogP contribution < -0.4 is 15.4 Å². The number of fused-ring (bicyclic) bond motifs is 1. The Labute approximate surface area is 169 Å². The molecule has 2 amide bonds. The molecule has 4 rings (SSSR count). The number of carbonyl (C=O) groups is 1. The van der Waals surface area contributed by atoms with E-state index in [4.69, 9.17) is 4.74 Å². The maximum atomic E-state index is 12.4. The van der Waals surface area contributed by atoms with E-state index in [1.807, 2.05) is 83.5 Å². The van der Waals surface area contributed by atoms with E-state index >= 15 is 0 Å². The maximum absolute atomic E-state index is 12.4. The van der Waals surface area contributed by atoms with Crippen LogP contribution in [0.1, 0.15) is 5.56 Å². The first-order valence-electron chi connectivity index (χ1n) is 9.44. The van der Waals surface area contributed by atoms with Crippen LogP contribution in [0.2, 0.25) is 0 Å². The summed E-state index contributed by atoms with van der Waals surface area (Å²) in [5, 5.41) is 5.85. The summed E-state index contributed by atoms with van der Waals surface area (Å²) >= 11 is 0. The number of carbonyl (C=O) groups excluding carboxylic acids is 1. The number of imidazole rings is 1. The van der Waals surface area contributed by atoms with Gasteiger partial charge < -0.3 is 19.8 Å². The summed E-state index contributed by atoms with van der Waals surface area (Å²) < 4.78 is 7.12. The molecule has 0 aliphatic rings. The third kappa shape index (κ3) is 4.38. The van der Waals surface area contributed by atoms with E-state index in [9.17, 15) is 4.79 Å². The van der Waals surface area contributed by atoms with E-state index in [0.29, 0.717) is 6.54 Å². The lowest BCUT2D eigenvalue weighted by Crippen LogP contribution is -2.30. The van der Waals surface area contributed by atoms with Crippen molar-refractivity contribution in [2.45, 2.75) is 6.42 Å². The highest BCUT2D eigenvalue weighted by atomic mass is 16.5. The van der Waals surface area contributed by atoms with Crippen molar-refractivity contribution < 1.29 is 9.53 Å². The number of nitrogens with one attached hydrogen (secondary N) is 2. The molecule has 0 spiro atoms. The van der Waals surface area contributed by atoms with Crippen molar-refractivity contribution in [2.24, 2.45) is 0 Å². The van der Waals surface area contributed by atoms with Crippen LogP contribution in [0.3, 0.4) is 0 Å². The number of anilines is 1. The molecule has 29 heavy (non-hydrogen) atoms. The van der Waals surface area contributed by atoms with Gasteiger partial charge in [-0.05, 0) is 42.3 Å². The first-order chi connectivity index (χ1) is 14.2. The average molecular weight is 386 g/mol. The number of urea groups is 1. The van der Waals surface area contributed by atoms with Gasteiger partial charge in [0.2, 0.25) is 0 Å². The number of amides is 2. The summed E-state index contributed by atoms with van der Waals surface area (Å²) in [4.78, 5) is 17.0. The quantitative estimate of drug-likeness (QED) is 0.517. The molecule has 6 heteroatoms. The number of benzene rings is 2. The minimum Gasteiger partial charge on any atom is -0.497 e. The van der Waals surface area contributed by atoms with Gasteiger partial charge in [0.05, 0.1) is 18.5 Å². The molecule has 0 unspecified atom stereocenters. The molecule has 0 saturated carbocycles. The van der Waals surface area contributed by atoms with Crippen LogP contribution in [0.4, 0.5) is 10.5 Å². The number of hydrogen-bond acceptors (Lipinski definition) is 3. The molecule has 0 atom stereocenters. The monoisotopic (exact) mass is 386 g/mol. The summed E-state index contributed by atoms with van der Waals surface area (Å²) in [5.74, 6) is 0.822. The summed E-state index contributed by atoms with van der Waals surface area (Å²) in [6.07, 6.45) is 4.65. The minimum atomic E-state index is -0.241. The summed E-state index contributed by atoms with van der Waals surface area (Å²) in [5.41, 5.74) is 4.40. The van der Waals surface area contributed by atoms with Gasteiger partial charge in [-0.25, -0.2) is 9.78 Å². The predicted molar refractivity (Wildman–Crippen MR) is 114 cm³/mol. The normalized spacial score (nSPS) is 10.7. The standard InChI is InChI=1S/C23H22N4O2/c1-29-18-11-9-17(10-12-18)13-14-24-23(28)26-20-7-3-2-6-19(20)21-16-27-15-5-4-8-22(27)25-21/h2-12,15-16H,13-14H2,1H3,(H2,24,26,28). The molecule has 0 bridgehead atoms. The zero-order chi connectivity index (χ0) is 20.1. The van der Waals surface area contributed by atoms with Crippen molar-refractivity contribution >= 4 is 17.4 Å². The Balaban J connectivity index is 1.40. The van der Waals surface area contributed by atoms with Crippen LogP contribution >= 0.6 is 0 Å². The fourth-order valence-electron chi connectivity index (χ4n) is 3.16. The molecule has 4 aromatic rings. The Kier molecular flexibility index (Phi) is 5.42. The van der Waals surface area contributed by atoms with Crippen molar-refractivity contribution in [3.05, 3.63) is 84.7 Å². The number of rotatable bonds is 6. The molecule has 2 aromatic heterocycles. The van der Waals surface area contributed by atoms with Gasteiger partial charge in [-0.15, -0.1) is 0 Å². The Morgan fingerprint density at radius 1 is 1.03 bits per heavy atom. The Hall–Kier alpha value is -3.80. The minimum absolute atomic E-state index is 0.241. The van der Waals surface area contributed by atoms with Crippen molar-refractivity contribution in [1.29, 1.82) is 0 Å². The van der Waals surface area contributed by atoms with Gasteiger partial charge in [0.25, 0.3) is 0 Å². The molecule has 0 fully saturated rings. The van der Waals surface area contributed by atoms with Crippen molar-refractivity contribution in [3.63, 3.8) is 0 Å². The van der Waals surface area contributed by atoms with Crippen LogP contribution in [0.5, 0.6) is 5.75 Å². The molecule has 6 nitrogen and oxygen atoms in total. The second-order valence-corrected chi connectivity index (χ2v) is 6.62. The third-order valence-corrected chi connectivity index (χ3v) is 4.67. The van der Waals surface area contributed by atoms with Gasteiger partial charge in [0.15, 0.2) is 0 Å². The number of para-hydroxylation sites is 1. The van der Waals surface area contributed by atoms with Crippen molar-refractivity contribution in [2.75, 3.05) is 19.0 Å². The van der Waals surface area contributed by atoms with Crippen LogP contribution in [0.25, 0.3) is 16.9 Å². The molecule has 0 saturated heterocycles. The Morgan fingerprint density at radius 2 is 1.83 bits per heavy atom. The molecule has 0 radical (unpaired) electrons. The van der Waals surface area contributed by atoms with Crippen LogP contribution in [0.15, 0.2) is 79.1 Å². The third-order valence-electron chi connectivity index (χ3n) is 4.67. The SMILES string of the molecule is COc1ccc(CCNC(=O)Nc2ccccc2-c2cn3ccccc3n2)cc1. The van der Waals surface area contributed by atoms with Gasteiger partial charge in [-0.1, -0.05) is 36.4 Å². The fourth-order valence-corrected chi connectivity index (χ4v) is 3.16. The predicted octanol–water partition coefficient (Wildman–Crippen LogP) is 4.37. The van der Waals surface area contributed by atoms with E-state index in [-0.39, 0.29) is 6.03 Å². The highest BCUT2D eigenvalue weighted by molar-refractivity contribution is 5.94. The highest BCUT2D eigenvalue weighted by Gasteiger charge is 2.11. The summed E-state index contributed by atoms with van der Waals surface area (Å²) in [7, 11) is 1.64. The lowest BCUT2D eigenvalue weighted by Gasteiger charge is -2.11. The number of pyridine rings is 1. The van der Waals surface area contributed by atoms with Gasteiger partial charge in [-0.2, -0.15) is 0 Å². The number of methoxy groups -OCH3 is 1. The van der Waals surface area contributed by atoms with E-state index in [0.717, 1.165) is 40.3 Å². The van der Waals surface area contributed by atoms with Crippen molar-refractivity contribution in [3.8, 4) is 17.0 Å². The number of aromatic nitrogens is 2. The van der Waals surface area contributed by atoms with Gasteiger partial charge in [-0.3, -0.25) is 0 Å². The maximum Gasteiger partial charge on any atom is 0.319 e. The lowest BCUT2D eigenvalue weighted by atomic mass is 10.1. The molecule has 2 aromatic carbocycles. The van der Waals surface area contributed by atoms with Gasteiger partial charge in [0.1, 0.15) is 11.4 Å². The van der Waals surface area contributed by atoms with Gasteiger partial charge in [0, 0.05) is 24.5 Å². The second kappa shape index (κ2) is 8.48. The number of nitrogens with zero attached hydrogens (tertiary/aromatic N) is 2. The van der Waals surface area contributed by atoms with Gasteiger partial charge >= 0.3 is 6.03 Å². The Morgan fingerprint density at radius 3 is 2.62 bits per heavy atom. The molecular weight excluding hydrogens is 364 g/mol.